The van der Waals surface area contributed by atoms with E-state index in [4.69, 9.17) is 9.84 Å². The molecule has 134 valence electrons. The molecular weight excluding hydrogens is 354 g/mol. The average molecular weight is 369 g/mol. The maximum absolute atomic E-state index is 12.1. The van der Waals surface area contributed by atoms with E-state index in [9.17, 15) is 24.5 Å². The summed E-state index contributed by atoms with van der Waals surface area (Å²) < 4.78 is 5.05. The Bertz CT molecular complexity index is 724. The van der Waals surface area contributed by atoms with Crippen LogP contribution in [0.15, 0.2) is 18.2 Å². The van der Waals surface area contributed by atoms with Gasteiger partial charge in [0.1, 0.15) is 11.8 Å². The Morgan fingerprint density at radius 1 is 1.52 bits per heavy atom. The van der Waals surface area contributed by atoms with Crippen molar-refractivity contribution in [2.45, 2.75) is 17.7 Å². The van der Waals surface area contributed by atoms with E-state index in [0.717, 1.165) is 17.8 Å². The number of nitrogens with one attached hydrogen (secondary N) is 2. The quantitative estimate of drug-likeness (QED) is 0.488. The van der Waals surface area contributed by atoms with Crippen molar-refractivity contribution in [3.63, 3.8) is 0 Å². The van der Waals surface area contributed by atoms with Crippen molar-refractivity contribution < 1.29 is 29.2 Å². The topological polar surface area (TPSA) is 148 Å². The number of hydrogen-bond donors (Lipinski definition) is 3. The lowest BCUT2D eigenvalue weighted by molar-refractivity contribution is -0.384. The lowest BCUT2D eigenvalue weighted by atomic mass is 10.2. The molecule has 1 aliphatic heterocycles. The molecule has 1 heterocycles. The number of carboxylic acid groups (broad SMARTS) is 1. The van der Waals surface area contributed by atoms with Crippen LogP contribution in [0.4, 0.5) is 11.4 Å². The first kappa shape index (κ1) is 18.5. The van der Waals surface area contributed by atoms with Gasteiger partial charge >= 0.3 is 5.97 Å². The van der Waals surface area contributed by atoms with Crippen LogP contribution in [-0.4, -0.2) is 52.0 Å². The van der Waals surface area contributed by atoms with Crippen molar-refractivity contribution in [2.75, 3.05) is 18.2 Å². The fourth-order valence-electron chi connectivity index (χ4n) is 2.16. The van der Waals surface area contributed by atoms with Crippen molar-refractivity contribution in [1.29, 1.82) is 0 Å². The van der Waals surface area contributed by atoms with Gasteiger partial charge in [0, 0.05) is 24.3 Å². The zero-order valence-corrected chi connectivity index (χ0v) is 13.9. The van der Waals surface area contributed by atoms with E-state index < -0.39 is 34.0 Å². The first-order valence-corrected chi connectivity index (χ1v) is 8.13. The minimum atomic E-state index is -1.13. The fourth-order valence-corrected chi connectivity index (χ4v) is 3.30. The molecule has 0 aromatic heterocycles. The van der Waals surface area contributed by atoms with Crippen LogP contribution >= 0.6 is 11.8 Å². The van der Waals surface area contributed by atoms with Crippen molar-refractivity contribution in [2.24, 2.45) is 0 Å². The highest BCUT2D eigenvalue weighted by Crippen LogP contribution is 2.29. The van der Waals surface area contributed by atoms with Crippen LogP contribution in [0.3, 0.4) is 0 Å². The first-order chi connectivity index (χ1) is 11.8. The maximum atomic E-state index is 12.1. The van der Waals surface area contributed by atoms with E-state index in [1.54, 1.807) is 0 Å². The van der Waals surface area contributed by atoms with Crippen LogP contribution in [0.25, 0.3) is 0 Å². The summed E-state index contributed by atoms with van der Waals surface area (Å²) in [5.74, 6) is -1.82. The number of methoxy groups -OCH3 is 1. The zero-order chi connectivity index (χ0) is 18.6. The third-order valence-electron chi connectivity index (χ3n) is 3.41. The van der Waals surface area contributed by atoms with Gasteiger partial charge in [-0.1, -0.05) is 0 Å². The standard InChI is InChI=1S/C14H15N3O7S/c1-24-10-3-2-7(17(22)23)4-8(10)15-12(18)5-11-13(19)16-9(6-25-11)14(20)21/h2-4,9,11H,5-6H2,1H3,(H,15,18)(H,16,19)(H,20,21)/t9-,11+/m0/s1. The molecule has 1 aliphatic rings. The number of ether oxygens (including phenoxy) is 1. The number of amides is 2. The number of anilines is 1. The van der Waals surface area contributed by atoms with Crippen molar-refractivity contribution in [3.8, 4) is 5.75 Å². The number of nitrogens with zero attached hydrogens (tertiary/aromatic N) is 1. The van der Waals surface area contributed by atoms with Crippen molar-refractivity contribution in [3.05, 3.63) is 28.3 Å². The van der Waals surface area contributed by atoms with E-state index >= 15 is 0 Å². The normalized spacial score (nSPS) is 19.6. The Morgan fingerprint density at radius 2 is 2.24 bits per heavy atom. The highest BCUT2D eigenvalue weighted by molar-refractivity contribution is 8.00. The predicted octanol–water partition coefficient (Wildman–Crippen LogP) is 0.617. The highest BCUT2D eigenvalue weighted by Gasteiger charge is 2.33. The molecule has 0 saturated carbocycles. The number of non-ortho nitro benzene ring substituents is 1. The summed E-state index contributed by atoms with van der Waals surface area (Å²) in [7, 11) is 1.35. The molecule has 1 saturated heterocycles. The van der Waals surface area contributed by atoms with Gasteiger partial charge in [0.15, 0.2) is 0 Å². The third kappa shape index (κ3) is 4.59. The third-order valence-corrected chi connectivity index (χ3v) is 4.72. The largest absolute Gasteiger partial charge is 0.495 e. The SMILES string of the molecule is COc1ccc([N+](=O)[O-])cc1NC(=O)C[C@H]1SC[C@@H](C(=O)O)NC1=O. The summed E-state index contributed by atoms with van der Waals surface area (Å²) in [6, 6.07) is 2.78. The van der Waals surface area contributed by atoms with Crippen LogP contribution < -0.4 is 15.4 Å². The molecule has 0 radical (unpaired) electrons. The van der Waals surface area contributed by atoms with Gasteiger partial charge in [-0.2, -0.15) is 0 Å². The number of benzene rings is 1. The number of carboxylic acids is 1. The van der Waals surface area contributed by atoms with Gasteiger partial charge in [-0.05, 0) is 6.07 Å². The van der Waals surface area contributed by atoms with Crippen LogP contribution in [0.1, 0.15) is 6.42 Å². The summed E-state index contributed by atoms with van der Waals surface area (Å²) in [5, 5.41) is 23.8. The molecule has 2 rings (SSSR count). The van der Waals surface area contributed by atoms with Gasteiger partial charge in [-0.15, -0.1) is 11.8 Å². The zero-order valence-electron chi connectivity index (χ0n) is 13.1. The van der Waals surface area contributed by atoms with Gasteiger partial charge in [-0.3, -0.25) is 19.7 Å². The molecule has 1 aromatic rings. The van der Waals surface area contributed by atoms with E-state index in [2.05, 4.69) is 10.6 Å². The molecule has 2 amide bonds. The van der Waals surface area contributed by atoms with Gasteiger partial charge in [0.05, 0.1) is 23.0 Å². The Kier molecular flexibility index (Phi) is 5.80. The first-order valence-electron chi connectivity index (χ1n) is 7.09. The van der Waals surface area contributed by atoms with Crippen molar-refractivity contribution in [1.82, 2.24) is 5.32 Å². The predicted molar refractivity (Wildman–Crippen MR) is 88.7 cm³/mol. The lowest BCUT2D eigenvalue weighted by Crippen LogP contribution is -2.51. The summed E-state index contributed by atoms with van der Waals surface area (Å²) in [4.78, 5) is 45.1. The maximum Gasteiger partial charge on any atom is 0.327 e. The van der Waals surface area contributed by atoms with E-state index in [1.165, 1.54) is 19.2 Å². The second-order valence-corrected chi connectivity index (χ2v) is 6.35. The summed E-state index contributed by atoms with van der Waals surface area (Å²) in [6.45, 7) is 0. The smallest absolute Gasteiger partial charge is 0.327 e. The van der Waals surface area contributed by atoms with E-state index in [-0.39, 0.29) is 29.3 Å². The Balaban J connectivity index is 2.03. The molecule has 0 unspecified atom stereocenters. The molecular formula is C14H15N3O7S. The molecule has 1 aromatic carbocycles. The number of carbonyl (C=O) groups excluding carboxylic acids is 2. The Morgan fingerprint density at radius 3 is 2.80 bits per heavy atom. The second-order valence-electron chi connectivity index (χ2n) is 5.12. The van der Waals surface area contributed by atoms with E-state index in [1.807, 2.05) is 0 Å². The number of hydrogen-bond acceptors (Lipinski definition) is 7. The highest BCUT2D eigenvalue weighted by atomic mass is 32.2. The average Bonchev–Trinajstić information content (AvgIpc) is 2.56. The van der Waals surface area contributed by atoms with Crippen LogP contribution in [0.5, 0.6) is 5.75 Å². The lowest BCUT2D eigenvalue weighted by Gasteiger charge is -2.25. The van der Waals surface area contributed by atoms with E-state index in [0.29, 0.717) is 0 Å². The minimum Gasteiger partial charge on any atom is -0.495 e. The molecule has 25 heavy (non-hydrogen) atoms. The number of nitro groups is 1. The van der Waals surface area contributed by atoms with Gasteiger partial charge in [0.25, 0.3) is 5.69 Å². The summed E-state index contributed by atoms with van der Waals surface area (Å²) >= 11 is 1.07. The van der Waals surface area contributed by atoms with Crippen LogP contribution in [0, 0.1) is 10.1 Å². The molecule has 3 N–H and O–H groups in total. The minimum absolute atomic E-state index is 0.117. The Hall–Kier alpha value is -2.82. The molecule has 11 heteroatoms. The molecule has 0 bridgehead atoms. The number of carbonyl (C=O) groups is 3. The van der Waals surface area contributed by atoms with Crippen LogP contribution in [-0.2, 0) is 14.4 Å². The van der Waals surface area contributed by atoms with Crippen molar-refractivity contribution >= 4 is 40.9 Å². The number of aliphatic carboxylic acids is 1. The molecule has 2 atom stereocenters. The number of rotatable bonds is 6. The second kappa shape index (κ2) is 7.83. The van der Waals surface area contributed by atoms with Crippen LogP contribution in [0.2, 0.25) is 0 Å². The van der Waals surface area contributed by atoms with Gasteiger partial charge in [-0.25, -0.2) is 4.79 Å². The molecule has 1 fully saturated rings. The summed E-state index contributed by atoms with van der Waals surface area (Å²) in [6.07, 6.45) is -0.200. The molecule has 0 spiro atoms. The number of thioether (sulfide) groups is 1. The fraction of sp³-hybridized carbons (Fsp3) is 0.357. The van der Waals surface area contributed by atoms with Gasteiger partial charge < -0.3 is 20.5 Å². The Labute approximate surface area is 146 Å². The number of nitro benzene ring substituents is 1. The summed E-state index contributed by atoms with van der Waals surface area (Å²) in [5.41, 5.74) is -0.100. The molecule has 0 aliphatic carbocycles. The monoisotopic (exact) mass is 369 g/mol. The molecule has 10 nitrogen and oxygen atoms in total. The van der Waals surface area contributed by atoms with Gasteiger partial charge in [0.2, 0.25) is 11.8 Å².